The Morgan fingerprint density at radius 2 is 1.93 bits per heavy atom. The number of furan rings is 1. The Morgan fingerprint density at radius 1 is 1.19 bits per heavy atom. The molecule has 27 heavy (non-hydrogen) atoms. The van der Waals surface area contributed by atoms with Crippen LogP contribution in [0.3, 0.4) is 0 Å². The first kappa shape index (κ1) is 19.3. The number of hydrogen-bond donors (Lipinski definition) is 1. The van der Waals surface area contributed by atoms with E-state index in [0.29, 0.717) is 17.3 Å². The molecule has 140 valence electrons. The topological polar surface area (TPSA) is 86.4 Å². The molecule has 0 atom stereocenters. The number of carbonyl (C=O) groups is 2. The first-order valence-corrected chi connectivity index (χ1v) is 8.73. The second-order valence-corrected chi connectivity index (χ2v) is 6.59. The highest BCUT2D eigenvalue weighted by Gasteiger charge is 2.16. The van der Waals surface area contributed by atoms with Crippen molar-refractivity contribution in [2.75, 3.05) is 11.9 Å². The number of halogens is 3. The maximum atomic E-state index is 12.0. The van der Waals surface area contributed by atoms with Gasteiger partial charge in [0.25, 0.3) is 5.91 Å². The average Bonchev–Trinajstić information content (AvgIpc) is 3.28. The standard InChI is InChI=1S/C17H12Cl3N3O4/c18-10-6-12(19)16(13(20)7-10)22-15(24)9-26-17(25)14-3-2-11(27-14)8-23-5-1-4-21-23/h1-7H,8-9H2,(H,22,24). The molecule has 2 aromatic heterocycles. The lowest BCUT2D eigenvalue weighted by atomic mass is 10.3. The van der Waals surface area contributed by atoms with Gasteiger partial charge in [0.15, 0.2) is 6.61 Å². The Kier molecular flexibility index (Phi) is 6.05. The summed E-state index contributed by atoms with van der Waals surface area (Å²) in [5.74, 6) is -0.884. The van der Waals surface area contributed by atoms with Crippen molar-refractivity contribution in [3.8, 4) is 0 Å². The van der Waals surface area contributed by atoms with Gasteiger partial charge in [0.05, 0.1) is 22.3 Å². The summed E-state index contributed by atoms with van der Waals surface area (Å²) < 4.78 is 12.0. The zero-order valence-electron chi connectivity index (χ0n) is 13.6. The van der Waals surface area contributed by atoms with Crippen LogP contribution in [0.2, 0.25) is 15.1 Å². The van der Waals surface area contributed by atoms with Gasteiger partial charge in [0.1, 0.15) is 5.76 Å². The van der Waals surface area contributed by atoms with Gasteiger partial charge in [0.2, 0.25) is 5.76 Å². The molecule has 0 saturated heterocycles. The van der Waals surface area contributed by atoms with Gasteiger partial charge in [-0.05, 0) is 30.3 Å². The second kappa shape index (κ2) is 8.47. The number of amides is 1. The third kappa shape index (κ3) is 5.03. The molecule has 0 bridgehead atoms. The van der Waals surface area contributed by atoms with Gasteiger partial charge in [-0.15, -0.1) is 0 Å². The van der Waals surface area contributed by atoms with E-state index in [4.69, 9.17) is 44.0 Å². The molecule has 0 aliphatic carbocycles. The molecule has 0 saturated carbocycles. The van der Waals surface area contributed by atoms with Crippen molar-refractivity contribution < 1.29 is 18.7 Å². The normalized spacial score (nSPS) is 10.6. The van der Waals surface area contributed by atoms with Crippen molar-refractivity contribution in [3.05, 3.63) is 69.3 Å². The summed E-state index contributed by atoms with van der Waals surface area (Å²) in [4.78, 5) is 24.0. The van der Waals surface area contributed by atoms with Crippen LogP contribution in [0.4, 0.5) is 5.69 Å². The number of carbonyl (C=O) groups excluding carboxylic acids is 2. The Hall–Kier alpha value is -2.48. The molecular formula is C17H12Cl3N3O4. The number of rotatable bonds is 6. The van der Waals surface area contributed by atoms with Gasteiger partial charge in [-0.3, -0.25) is 9.48 Å². The van der Waals surface area contributed by atoms with Gasteiger partial charge >= 0.3 is 5.97 Å². The SMILES string of the molecule is O=C(COC(=O)c1ccc(Cn2cccn2)o1)Nc1c(Cl)cc(Cl)cc1Cl. The lowest BCUT2D eigenvalue weighted by Gasteiger charge is -2.10. The Morgan fingerprint density at radius 3 is 2.59 bits per heavy atom. The van der Waals surface area contributed by atoms with Gasteiger partial charge in [-0.1, -0.05) is 34.8 Å². The summed E-state index contributed by atoms with van der Waals surface area (Å²) in [5.41, 5.74) is 0.184. The van der Waals surface area contributed by atoms with Crippen LogP contribution in [-0.2, 0) is 16.1 Å². The fourth-order valence-electron chi connectivity index (χ4n) is 2.17. The highest BCUT2D eigenvalue weighted by Crippen LogP contribution is 2.33. The number of nitrogens with one attached hydrogen (secondary N) is 1. The van der Waals surface area contributed by atoms with Gasteiger partial charge < -0.3 is 14.5 Å². The van der Waals surface area contributed by atoms with Crippen molar-refractivity contribution >= 4 is 52.4 Å². The Labute approximate surface area is 168 Å². The van der Waals surface area contributed by atoms with Crippen LogP contribution in [0.1, 0.15) is 16.3 Å². The Balaban J connectivity index is 1.55. The fourth-order valence-corrected chi connectivity index (χ4v) is 3.08. The largest absolute Gasteiger partial charge is 0.452 e. The van der Waals surface area contributed by atoms with Crippen molar-refractivity contribution in [3.63, 3.8) is 0 Å². The summed E-state index contributed by atoms with van der Waals surface area (Å²) in [6.45, 7) is -0.169. The van der Waals surface area contributed by atoms with Gasteiger partial charge in [0, 0.05) is 17.4 Å². The van der Waals surface area contributed by atoms with Crippen LogP contribution in [0.15, 0.2) is 47.1 Å². The lowest BCUT2D eigenvalue weighted by molar-refractivity contribution is -0.119. The van der Waals surface area contributed by atoms with Crippen molar-refractivity contribution in [1.29, 1.82) is 0 Å². The predicted octanol–water partition coefficient (Wildman–Crippen LogP) is 4.28. The van der Waals surface area contributed by atoms with E-state index >= 15 is 0 Å². The lowest BCUT2D eigenvalue weighted by Crippen LogP contribution is -2.21. The van der Waals surface area contributed by atoms with Crippen LogP contribution >= 0.6 is 34.8 Å². The second-order valence-electron chi connectivity index (χ2n) is 5.34. The van der Waals surface area contributed by atoms with Crippen molar-refractivity contribution in [1.82, 2.24) is 9.78 Å². The summed E-state index contributed by atoms with van der Waals surface area (Å²) in [5, 5.41) is 7.18. The minimum atomic E-state index is -0.773. The molecule has 0 unspecified atom stereocenters. The molecule has 1 aromatic carbocycles. The first-order valence-electron chi connectivity index (χ1n) is 7.60. The zero-order chi connectivity index (χ0) is 19.4. The third-order valence-corrected chi connectivity index (χ3v) is 4.16. The molecule has 7 nitrogen and oxygen atoms in total. The van der Waals surface area contributed by atoms with E-state index in [0.717, 1.165) is 0 Å². The molecule has 3 rings (SSSR count). The van der Waals surface area contributed by atoms with E-state index in [1.165, 1.54) is 18.2 Å². The minimum Gasteiger partial charge on any atom is -0.452 e. The number of anilines is 1. The maximum absolute atomic E-state index is 12.0. The molecule has 3 aromatic rings. The summed E-state index contributed by atoms with van der Waals surface area (Å²) >= 11 is 17.8. The van der Waals surface area contributed by atoms with Crippen LogP contribution < -0.4 is 5.32 Å². The summed E-state index contributed by atoms with van der Waals surface area (Å²) in [6, 6.07) is 7.73. The fraction of sp³-hybridized carbons (Fsp3) is 0.118. The van der Waals surface area contributed by atoms with E-state index in [-0.39, 0.29) is 21.5 Å². The number of hydrogen-bond acceptors (Lipinski definition) is 5. The molecule has 2 heterocycles. The summed E-state index contributed by atoms with van der Waals surface area (Å²) in [7, 11) is 0. The van der Waals surface area contributed by atoms with Crippen LogP contribution in [0, 0.1) is 0 Å². The number of esters is 1. The zero-order valence-corrected chi connectivity index (χ0v) is 15.9. The predicted molar refractivity (Wildman–Crippen MR) is 100 cm³/mol. The summed E-state index contributed by atoms with van der Waals surface area (Å²) in [6.07, 6.45) is 3.40. The average molecular weight is 429 g/mol. The molecular weight excluding hydrogens is 417 g/mol. The van der Waals surface area contributed by atoms with E-state index in [1.54, 1.807) is 29.2 Å². The molecule has 1 N–H and O–H groups in total. The van der Waals surface area contributed by atoms with E-state index in [2.05, 4.69) is 10.4 Å². The van der Waals surface area contributed by atoms with Crippen LogP contribution in [0.5, 0.6) is 0 Å². The highest BCUT2D eigenvalue weighted by molar-refractivity contribution is 6.42. The third-order valence-electron chi connectivity index (χ3n) is 3.35. The highest BCUT2D eigenvalue weighted by atomic mass is 35.5. The maximum Gasteiger partial charge on any atom is 0.374 e. The number of ether oxygens (including phenoxy) is 1. The Bertz CT molecular complexity index is 947. The molecule has 0 fully saturated rings. The molecule has 0 radical (unpaired) electrons. The number of aromatic nitrogens is 2. The monoisotopic (exact) mass is 427 g/mol. The van der Waals surface area contributed by atoms with E-state index in [1.807, 2.05) is 0 Å². The van der Waals surface area contributed by atoms with Crippen LogP contribution in [-0.4, -0.2) is 28.3 Å². The van der Waals surface area contributed by atoms with E-state index in [9.17, 15) is 9.59 Å². The molecule has 10 heteroatoms. The van der Waals surface area contributed by atoms with Crippen molar-refractivity contribution in [2.45, 2.75) is 6.54 Å². The molecule has 0 aliphatic rings. The number of benzene rings is 1. The quantitative estimate of drug-likeness (QED) is 0.592. The van der Waals surface area contributed by atoms with Gasteiger partial charge in [-0.25, -0.2) is 4.79 Å². The molecule has 0 spiro atoms. The van der Waals surface area contributed by atoms with E-state index < -0.39 is 18.5 Å². The molecule has 1 amide bonds. The van der Waals surface area contributed by atoms with Crippen molar-refractivity contribution in [2.24, 2.45) is 0 Å². The molecule has 0 aliphatic heterocycles. The van der Waals surface area contributed by atoms with Gasteiger partial charge in [-0.2, -0.15) is 5.10 Å². The smallest absolute Gasteiger partial charge is 0.374 e. The first-order chi connectivity index (χ1) is 12.9. The number of nitrogens with zero attached hydrogens (tertiary/aromatic N) is 2. The van der Waals surface area contributed by atoms with Crippen LogP contribution in [0.25, 0.3) is 0 Å². The minimum absolute atomic E-state index is 0.0208.